The number of halogens is 1. The standard InChI is InChI=1S/C20H19BrN2O3/c21-14-6-4-13(5-7-14)17-11-18(17)20(25)22-15-2-1-3-16(10-15)23-8-9-26-12-19(23)24/h1-7,10,17-18H,8-9,11-12H2,(H,22,25)/t17-,18+/m0/s1. The van der Waals surface area contributed by atoms with E-state index >= 15 is 0 Å². The molecule has 0 bridgehead atoms. The van der Waals surface area contributed by atoms with Gasteiger partial charge in [0.1, 0.15) is 6.61 Å². The van der Waals surface area contributed by atoms with Crippen LogP contribution in [-0.2, 0) is 14.3 Å². The average molecular weight is 415 g/mol. The number of nitrogens with zero attached hydrogens (tertiary/aromatic N) is 1. The summed E-state index contributed by atoms with van der Waals surface area (Å²) in [6.07, 6.45) is 0.870. The van der Waals surface area contributed by atoms with Crippen molar-refractivity contribution in [3.8, 4) is 0 Å². The van der Waals surface area contributed by atoms with Crippen LogP contribution in [-0.4, -0.2) is 31.6 Å². The number of ether oxygens (including phenoxy) is 1. The number of carbonyl (C=O) groups excluding carboxylic acids is 2. The molecule has 1 aliphatic carbocycles. The van der Waals surface area contributed by atoms with Gasteiger partial charge in [0.15, 0.2) is 0 Å². The maximum absolute atomic E-state index is 12.6. The lowest BCUT2D eigenvalue weighted by atomic mass is 10.1. The van der Waals surface area contributed by atoms with Gasteiger partial charge in [0.25, 0.3) is 5.91 Å². The summed E-state index contributed by atoms with van der Waals surface area (Å²) in [4.78, 5) is 26.2. The molecule has 2 aliphatic rings. The highest BCUT2D eigenvalue weighted by Gasteiger charge is 2.43. The number of rotatable bonds is 4. The smallest absolute Gasteiger partial charge is 0.253 e. The van der Waals surface area contributed by atoms with Crippen molar-refractivity contribution < 1.29 is 14.3 Å². The van der Waals surface area contributed by atoms with Crippen LogP contribution in [0.5, 0.6) is 0 Å². The predicted octanol–water partition coefficient (Wildman–Crippen LogP) is 3.55. The van der Waals surface area contributed by atoms with Crippen LogP contribution < -0.4 is 10.2 Å². The summed E-state index contributed by atoms with van der Waals surface area (Å²) in [6.45, 7) is 1.16. The molecular weight excluding hydrogens is 396 g/mol. The molecule has 1 N–H and O–H groups in total. The number of benzene rings is 2. The molecular formula is C20H19BrN2O3. The van der Waals surface area contributed by atoms with Gasteiger partial charge >= 0.3 is 0 Å². The minimum atomic E-state index is -0.0581. The number of amides is 2. The highest BCUT2D eigenvalue weighted by molar-refractivity contribution is 9.10. The molecule has 2 fully saturated rings. The molecule has 1 saturated heterocycles. The average Bonchev–Trinajstić information content (AvgIpc) is 3.44. The Bertz CT molecular complexity index is 837. The second kappa shape index (κ2) is 7.21. The summed E-state index contributed by atoms with van der Waals surface area (Å²) in [6, 6.07) is 15.6. The SMILES string of the molecule is O=C(Nc1cccc(N2CCOCC2=O)c1)[C@@H]1C[C@H]1c1ccc(Br)cc1. The number of anilines is 2. The van der Waals surface area contributed by atoms with Crippen molar-refractivity contribution in [3.05, 3.63) is 58.6 Å². The maximum Gasteiger partial charge on any atom is 0.253 e. The molecule has 2 atom stereocenters. The van der Waals surface area contributed by atoms with Gasteiger partial charge in [0.05, 0.1) is 6.61 Å². The number of hydrogen-bond acceptors (Lipinski definition) is 3. The minimum absolute atomic E-state index is 0.00449. The molecule has 5 nitrogen and oxygen atoms in total. The molecule has 0 unspecified atom stereocenters. The van der Waals surface area contributed by atoms with Gasteiger partial charge in [0.2, 0.25) is 5.91 Å². The Labute approximate surface area is 160 Å². The van der Waals surface area contributed by atoms with Crippen LogP contribution >= 0.6 is 15.9 Å². The summed E-state index contributed by atoms with van der Waals surface area (Å²) in [5, 5.41) is 2.99. The van der Waals surface area contributed by atoms with Gasteiger partial charge in [-0.3, -0.25) is 9.59 Å². The molecule has 2 aromatic rings. The number of carbonyl (C=O) groups is 2. The quantitative estimate of drug-likeness (QED) is 0.831. The highest BCUT2D eigenvalue weighted by Crippen LogP contribution is 2.48. The van der Waals surface area contributed by atoms with Crippen molar-refractivity contribution >= 4 is 39.1 Å². The van der Waals surface area contributed by atoms with Crippen LogP contribution in [0, 0.1) is 5.92 Å². The first-order valence-corrected chi connectivity index (χ1v) is 9.45. The van der Waals surface area contributed by atoms with E-state index in [1.807, 2.05) is 36.4 Å². The summed E-state index contributed by atoms with van der Waals surface area (Å²) in [5.41, 5.74) is 2.70. The molecule has 1 heterocycles. The van der Waals surface area contributed by atoms with E-state index in [0.717, 1.165) is 16.6 Å². The van der Waals surface area contributed by atoms with E-state index < -0.39 is 0 Å². The summed E-state index contributed by atoms with van der Waals surface area (Å²) in [5.74, 6) is 0.262. The van der Waals surface area contributed by atoms with E-state index in [2.05, 4.69) is 33.4 Å². The first-order chi connectivity index (χ1) is 12.6. The Morgan fingerprint density at radius 1 is 1.19 bits per heavy atom. The third kappa shape index (κ3) is 3.66. The molecule has 4 rings (SSSR count). The van der Waals surface area contributed by atoms with Crippen LogP contribution in [0.2, 0.25) is 0 Å². The van der Waals surface area contributed by atoms with Crippen LogP contribution in [0.25, 0.3) is 0 Å². The normalized spacial score (nSPS) is 22.2. The van der Waals surface area contributed by atoms with Crippen molar-refractivity contribution in [2.24, 2.45) is 5.92 Å². The van der Waals surface area contributed by atoms with Crippen LogP contribution in [0.4, 0.5) is 11.4 Å². The monoisotopic (exact) mass is 414 g/mol. The van der Waals surface area contributed by atoms with E-state index in [1.54, 1.807) is 4.90 Å². The second-order valence-corrected chi connectivity index (χ2v) is 7.55. The molecule has 2 amide bonds. The molecule has 1 aliphatic heterocycles. The zero-order valence-electron chi connectivity index (χ0n) is 14.2. The Balaban J connectivity index is 1.41. The van der Waals surface area contributed by atoms with Crippen molar-refractivity contribution in [3.63, 3.8) is 0 Å². The van der Waals surface area contributed by atoms with Gasteiger partial charge in [-0.15, -0.1) is 0 Å². The van der Waals surface area contributed by atoms with E-state index in [4.69, 9.17) is 4.74 Å². The summed E-state index contributed by atoms with van der Waals surface area (Å²) < 4.78 is 6.20. The van der Waals surface area contributed by atoms with Gasteiger partial charge in [0, 0.05) is 28.3 Å². The molecule has 6 heteroatoms. The van der Waals surface area contributed by atoms with Gasteiger partial charge in [-0.1, -0.05) is 34.1 Å². The Kier molecular flexibility index (Phi) is 4.78. The van der Waals surface area contributed by atoms with Crippen molar-refractivity contribution in [2.45, 2.75) is 12.3 Å². The van der Waals surface area contributed by atoms with E-state index in [9.17, 15) is 9.59 Å². The van der Waals surface area contributed by atoms with Crippen LogP contribution in [0.15, 0.2) is 53.0 Å². The number of morpholine rings is 1. The molecule has 2 aromatic carbocycles. The molecule has 26 heavy (non-hydrogen) atoms. The molecule has 0 spiro atoms. The summed E-state index contributed by atoms with van der Waals surface area (Å²) >= 11 is 3.43. The van der Waals surface area contributed by atoms with Crippen molar-refractivity contribution in [1.29, 1.82) is 0 Å². The first-order valence-electron chi connectivity index (χ1n) is 8.66. The fourth-order valence-electron chi connectivity index (χ4n) is 3.34. The number of nitrogens with one attached hydrogen (secondary N) is 1. The van der Waals surface area contributed by atoms with Gasteiger partial charge in [-0.2, -0.15) is 0 Å². The molecule has 1 saturated carbocycles. The third-order valence-corrected chi connectivity index (χ3v) is 5.37. The van der Waals surface area contributed by atoms with E-state index in [1.165, 1.54) is 5.56 Å². The Morgan fingerprint density at radius 2 is 2.00 bits per heavy atom. The first kappa shape index (κ1) is 17.2. The van der Waals surface area contributed by atoms with Gasteiger partial charge < -0.3 is 15.0 Å². The number of hydrogen-bond donors (Lipinski definition) is 1. The van der Waals surface area contributed by atoms with Crippen molar-refractivity contribution in [1.82, 2.24) is 0 Å². The lowest BCUT2D eigenvalue weighted by molar-refractivity contribution is -0.125. The van der Waals surface area contributed by atoms with Crippen LogP contribution in [0.1, 0.15) is 17.9 Å². The predicted molar refractivity (Wildman–Crippen MR) is 103 cm³/mol. The van der Waals surface area contributed by atoms with E-state index in [0.29, 0.717) is 18.8 Å². The zero-order valence-corrected chi connectivity index (χ0v) is 15.7. The fraction of sp³-hybridized carbons (Fsp3) is 0.300. The molecule has 134 valence electrons. The summed E-state index contributed by atoms with van der Waals surface area (Å²) in [7, 11) is 0. The fourth-order valence-corrected chi connectivity index (χ4v) is 3.61. The molecule has 0 radical (unpaired) electrons. The largest absolute Gasteiger partial charge is 0.370 e. The van der Waals surface area contributed by atoms with Crippen molar-refractivity contribution in [2.75, 3.05) is 30.0 Å². The molecule has 0 aromatic heterocycles. The minimum Gasteiger partial charge on any atom is -0.370 e. The lowest BCUT2D eigenvalue weighted by Gasteiger charge is -2.27. The van der Waals surface area contributed by atoms with Crippen LogP contribution in [0.3, 0.4) is 0 Å². The lowest BCUT2D eigenvalue weighted by Crippen LogP contribution is -2.41. The van der Waals surface area contributed by atoms with E-state index in [-0.39, 0.29) is 30.3 Å². The maximum atomic E-state index is 12.6. The third-order valence-electron chi connectivity index (χ3n) is 4.84. The second-order valence-electron chi connectivity index (χ2n) is 6.64. The zero-order chi connectivity index (χ0) is 18.1. The highest BCUT2D eigenvalue weighted by atomic mass is 79.9. The Hall–Kier alpha value is -2.18. The van der Waals surface area contributed by atoms with Gasteiger partial charge in [-0.25, -0.2) is 0 Å². The Morgan fingerprint density at radius 3 is 2.77 bits per heavy atom. The van der Waals surface area contributed by atoms with Gasteiger partial charge in [-0.05, 0) is 48.2 Å². The topological polar surface area (TPSA) is 58.6 Å².